The summed E-state index contributed by atoms with van der Waals surface area (Å²) in [5.74, 6) is 0.133. The molecule has 3 heterocycles. The first-order valence-electron chi connectivity index (χ1n) is 7.63. The number of furan rings is 1. The highest BCUT2D eigenvalue weighted by Crippen LogP contribution is 2.23. The zero-order valence-corrected chi connectivity index (χ0v) is 13.3. The van der Waals surface area contributed by atoms with Crippen LogP contribution in [0.5, 0.6) is 5.88 Å². The number of benzene rings is 1. The number of carbonyl (C=O) groups is 1. The van der Waals surface area contributed by atoms with Gasteiger partial charge in [0.2, 0.25) is 5.88 Å². The standard InChI is InChI=1S/C18H12N4O4/c23-15-7-6-13(10-19-15)11-3-1-4-12(9-11)16(24)20-18-22-21-17(26-18)14-5-2-8-25-14/h1-10H,(H,19,23)(H,20,22,24). The van der Waals surface area contributed by atoms with Gasteiger partial charge in [-0.25, -0.2) is 4.98 Å². The second kappa shape index (κ2) is 6.52. The Morgan fingerprint density at radius 2 is 1.96 bits per heavy atom. The molecule has 0 unspecified atom stereocenters. The van der Waals surface area contributed by atoms with Gasteiger partial charge in [0.05, 0.1) is 6.26 Å². The molecule has 0 bridgehead atoms. The second-order valence-electron chi connectivity index (χ2n) is 5.33. The lowest BCUT2D eigenvalue weighted by molar-refractivity contribution is 0.102. The third kappa shape index (κ3) is 3.16. The first-order valence-corrected chi connectivity index (χ1v) is 7.63. The van der Waals surface area contributed by atoms with Crippen LogP contribution in [-0.4, -0.2) is 26.2 Å². The van der Waals surface area contributed by atoms with Crippen LogP contribution in [0.4, 0.5) is 6.01 Å². The van der Waals surface area contributed by atoms with Crippen molar-refractivity contribution in [2.75, 3.05) is 5.32 Å². The fraction of sp³-hybridized carbons (Fsp3) is 0. The predicted octanol–water partition coefficient (Wildman–Crippen LogP) is 3.35. The molecule has 8 nitrogen and oxygen atoms in total. The number of aromatic nitrogens is 3. The topological polar surface area (TPSA) is 114 Å². The average Bonchev–Trinajstić information content (AvgIpc) is 3.34. The summed E-state index contributed by atoms with van der Waals surface area (Å²) in [5, 5.41) is 19.4. The van der Waals surface area contributed by atoms with Gasteiger partial charge in [0.1, 0.15) is 0 Å². The highest BCUT2D eigenvalue weighted by atomic mass is 16.4. The Labute approximate surface area is 147 Å². The summed E-state index contributed by atoms with van der Waals surface area (Å²) in [4.78, 5) is 16.3. The van der Waals surface area contributed by atoms with Crippen LogP contribution in [0.15, 0.2) is 69.8 Å². The number of anilines is 1. The van der Waals surface area contributed by atoms with E-state index in [2.05, 4.69) is 20.5 Å². The molecular formula is C18H12N4O4. The van der Waals surface area contributed by atoms with Crippen LogP contribution in [0.25, 0.3) is 22.8 Å². The van der Waals surface area contributed by atoms with Gasteiger partial charge in [-0.1, -0.05) is 17.2 Å². The van der Waals surface area contributed by atoms with Crippen molar-refractivity contribution in [3.8, 4) is 28.7 Å². The zero-order valence-electron chi connectivity index (χ0n) is 13.3. The maximum absolute atomic E-state index is 12.4. The number of aromatic hydroxyl groups is 1. The molecule has 0 atom stereocenters. The summed E-state index contributed by atoms with van der Waals surface area (Å²) < 4.78 is 10.5. The molecule has 0 saturated heterocycles. The van der Waals surface area contributed by atoms with E-state index in [0.29, 0.717) is 11.3 Å². The minimum absolute atomic E-state index is 0.0295. The molecule has 0 radical (unpaired) electrons. The van der Waals surface area contributed by atoms with Gasteiger partial charge < -0.3 is 13.9 Å². The monoisotopic (exact) mass is 348 g/mol. The first-order chi connectivity index (χ1) is 12.7. The maximum atomic E-state index is 12.4. The van der Waals surface area contributed by atoms with Crippen LogP contribution in [0.2, 0.25) is 0 Å². The Morgan fingerprint density at radius 3 is 2.73 bits per heavy atom. The maximum Gasteiger partial charge on any atom is 0.322 e. The Kier molecular flexibility index (Phi) is 3.91. The van der Waals surface area contributed by atoms with Crippen molar-refractivity contribution in [2.45, 2.75) is 0 Å². The van der Waals surface area contributed by atoms with Gasteiger partial charge >= 0.3 is 6.01 Å². The van der Waals surface area contributed by atoms with Crippen LogP contribution in [0.3, 0.4) is 0 Å². The molecule has 4 rings (SSSR count). The van der Waals surface area contributed by atoms with Gasteiger partial charge in [-0.05, 0) is 35.9 Å². The fourth-order valence-corrected chi connectivity index (χ4v) is 2.34. The van der Waals surface area contributed by atoms with E-state index >= 15 is 0 Å². The number of carbonyl (C=O) groups excluding carboxylic acids is 1. The molecule has 1 amide bonds. The lowest BCUT2D eigenvalue weighted by atomic mass is 10.0. The van der Waals surface area contributed by atoms with Crippen LogP contribution in [0, 0.1) is 0 Å². The van der Waals surface area contributed by atoms with Gasteiger partial charge in [-0.2, -0.15) is 0 Å². The van der Waals surface area contributed by atoms with Crippen LogP contribution in [-0.2, 0) is 0 Å². The Balaban J connectivity index is 1.53. The van der Waals surface area contributed by atoms with Crippen molar-refractivity contribution >= 4 is 11.9 Å². The summed E-state index contributed by atoms with van der Waals surface area (Å²) in [7, 11) is 0. The average molecular weight is 348 g/mol. The van der Waals surface area contributed by atoms with E-state index in [0.717, 1.165) is 11.1 Å². The molecule has 1 aromatic carbocycles. The number of amides is 1. The Hall–Kier alpha value is -3.94. The lowest BCUT2D eigenvalue weighted by Gasteiger charge is -2.05. The number of pyridine rings is 1. The van der Waals surface area contributed by atoms with E-state index in [4.69, 9.17) is 8.83 Å². The summed E-state index contributed by atoms with van der Waals surface area (Å²) in [6, 6.07) is 13.5. The van der Waals surface area contributed by atoms with Gasteiger partial charge in [0.25, 0.3) is 11.8 Å². The minimum atomic E-state index is -0.395. The zero-order chi connectivity index (χ0) is 17.9. The van der Waals surface area contributed by atoms with Crippen LogP contribution in [0.1, 0.15) is 10.4 Å². The highest BCUT2D eigenvalue weighted by Gasteiger charge is 2.14. The summed E-state index contributed by atoms with van der Waals surface area (Å²) in [6.07, 6.45) is 3.02. The van der Waals surface area contributed by atoms with E-state index in [9.17, 15) is 9.90 Å². The van der Waals surface area contributed by atoms with Gasteiger partial charge in [-0.15, -0.1) is 5.10 Å². The third-order valence-electron chi connectivity index (χ3n) is 3.58. The molecule has 0 spiro atoms. The fourth-order valence-electron chi connectivity index (χ4n) is 2.34. The van der Waals surface area contributed by atoms with Gasteiger partial charge in [-0.3, -0.25) is 10.1 Å². The van der Waals surface area contributed by atoms with Crippen molar-refractivity contribution in [1.29, 1.82) is 0 Å². The molecule has 0 aliphatic rings. The molecule has 8 heteroatoms. The van der Waals surface area contributed by atoms with E-state index in [-0.39, 0.29) is 17.8 Å². The smallest absolute Gasteiger partial charge is 0.322 e. The molecule has 26 heavy (non-hydrogen) atoms. The molecule has 0 fully saturated rings. The molecule has 0 aliphatic carbocycles. The van der Waals surface area contributed by atoms with Crippen LogP contribution >= 0.6 is 0 Å². The minimum Gasteiger partial charge on any atom is -0.493 e. The highest BCUT2D eigenvalue weighted by molar-refractivity contribution is 6.03. The molecule has 3 aromatic heterocycles. The third-order valence-corrected chi connectivity index (χ3v) is 3.58. The van der Waals surface area contributed by atoms with Crippen molar-refractivity contribution in [3.63, 3.8) is 0 Å². The molecular weight excluding hydrogens is 336 g/mol. The number of hydrogen-bond acceptors (Lipinski definition) is 7. The van der Waals surface area contributed by atoms with Gasteiger partial charge in [0, 0.05) is 23.4 Å². The van der Waals surface area contributed by atoms with Crippen LogP contribution < -0.4 is 5.32 Å². The summed E-state index contributed by atoms with van der Waals surface area (Å²) in [5.41, 5.74) is 1.97. The number of rotatable bonds is 4. The Bertz CT molecular complexity index is 1040. The molecule has 0 aliphatic heterocycles. The number of hydrogen-bond donors (Lipinski definition) is 2. The van der Waals surface area contributed by atoms with Crippen molar-refractivity contribution in [1.82, 2.24) is 15.2 Å². The second-order valence-corrected chi connectivity index (χ2v) is 5.33. The van der Waals surface area contributed by atoms with Crippen molar-refractivity contribution in [2.24, 2.45) is 0 Å². The largest absolute Gasteiger partial charge is 0.493 e. The molecule has 4 aromatic rings. The predicted molar refractivity (Wildman–Crippen MR) is 91.3 cm³/mol. The SMILES string of the molecule is O=C(Nc1nnc(-c2ccco2)o1)c1cccc(-c2ccc(O)nc2)c1. The number of nitrogens with zero attached hydrogens (tertiary/aromatic N) is 3. The number of nitrogens with one attached hydrogen (secondary N) is 1. The lowest BCUT2D eigenvalue weighted by Crippen LogP contribution is -2.12. The first kappa shape index (κ1) is 15.6. The van der Waals surface area contributed by atoms with Gasteiger partial charge in [0.15, 0.2) is 5.76 Å². The quantitative estimate of drug-likeness (QED) is 0.581. The summed E-state index contributed by atoms with van der Waals surface area (Å²) in [6.45, 7) is 0. The van der Waals surface area contributed by atoms with E-state index in [1.807, 2.05) is 6.07 Å². The molecule has 2 N–H and O–H groups in total. The van der Waals surface area contributed by atoms with E-state index in [1.54, 1.807) is 36.4 Å². The molecule has 0 saturated carbocycles. The van der Waals surface area contributed by atoms with Crippen molar-refractivity contribution < 1.29 is 18.7 Å². The van der Waals surface area contributed by atoms with E-state index < -0.39 is 5.91 Å². The molecule has 128 valence electrons. The Morgan fingerprint density at radius 1 is 1.04 bits per heavy atom. The summed E-state index contributed by atoms with van der Waals surface area (Å²) >= 11 is 0. The van der Waals surface area contributed by atoms with Crippen molar-refractivity contribution in [3.05, 3.63) is 66.6 Å². The normalized spacial score (nSPS) is 10.6. The van der Waals surface area contributed by atoms with E-state index in [1.165, 1.54) is 18.5 Å².